The summed E-state index contributed by atoms with van der Waals surface area (Å²) in [5.41, 5.74) is 1.28. The van der Waals surface area contributed by atoms with E-state index in [1.165, 1.54) is 67.6 Å². The van der Waals surface area contributed by atoms with Crippen LogP contribution in [-0.2, 0) is 0 Å². The van der Waals surface area contributed by atoms with Gasteiger partial charge < -0.3 is 0 Å². The van der Waals surface area contributed by atoms with Crippen molar-refractivity contribution in [1.29, 1.82) is 0 Å². The molecule has 0 atom stereocenters. The average Bonchev–Trinajstić information content (AvgIpc) is 3.12. The van der Waals surface area contributed by atoms with Crippen LogP contribution >= 0.6 is 23.1 Å². The Balaban J connectivity index is 1.46. The van der Waals surface area contributed by atoms with E-state index in [0.717, 1.165) is 0 Å². The summed E-state index contributed by atoms with van der Waals surface area (Å²) >= 11 is 3.85. The second-order valence-electron chi connectivity index (χ2n) is 7.20. The van der Waals surface area contributed by atoms with Crippen LogP contribution in [0.1, 0.15) is 43.0 Å². The Bertz CT molecular complexity index is 1040. The standard InChI is InChI=1S/C26H26S2/c1-2-3-4-7-15-27-24-12-8-9-20(16-24)13-14-25-18-23-17-21-10-5-6-11-22(21)19-26(23)28-25/h5-6,8-14,16-19H,2-4,7,15H2,1H3/b14-13+. The predicted molar refractivity (Wildman–Crippen MR) is 130 cm³/mol. The van der Waals surface area contributed by atoms with Crippen molar-refractivity contribution in [2.45, 2.75) is 37.5 Å². The van der Waals surface area contributed by atoms with Gasteiger partial charge in [-0.15, -0.1) is 23.1 Å². The molecule has 0 amide bonds. The fraction of sp³-hybridized carbons (Fsp3) is 0.231. The van der Waals surface area contributed by atoms with E-state index in [1.807, 2.05) is 23.1 Å². The molecule has 0 saturated heterocycles. The first kappa shape index (κ1) is 19.3. The van der Waals surface area contributed by atoms with E-state index in [-0.39, 0.29) is 0 Å². The van der Waals surface area contributed by atoms with Gasteiger partial charge in [0.1, 0.15) is 0 Å². The minimum absolute atomic E-state index is 1.22. The van der Waals surface area contributed by atoms with E-state index in [1.54, 1.807) is 0 Å². The summed E-state index contributed by atoms with van der Waals surface area (Å²) in [4.78, 5) is 2.68. The second-order valence-corrected chi connectivity index (χ2v) is 9.48. The third-order valence-electron chi connectivity index (χ3n) is 4.97. The number of rotatable bonds is 8. The first-order valence-corrected chi connectivity index (χ1v) is 12.0. The normalized spacial score (nSPS) is 11.8. The Labute approximate surface area is 176 Å². The molecule has 0 bridgehead atoms. The van der Waals surface area contributed by atoms with Gasteiger partial charge in [-0.1, -0.05) is 68.7 Å². The molecule has 0 radical (unpaired) electrons. The van der Waals surface area contributed by atoms with E-state index in [0.29, 0.717) is 0 Å². The molecule has 1 aromatic heterocycles. The highest BCUT2D eigenvalue weighted by atomic mass is 32.2. The number of fused-ring (bicyclic) bond motifs is 2. The first-order chi connectivity index (χ1) is 13.8. The van der Waals surface area contributed by atoms with Crippen molar-refractivity contribution in [3.8, 4) is 0 Å². The zero-order valence-corrected chi connectivity index (χ0v) is 18.0. The largest absolute Gasteiger partial charge is 0.136 e. The van der Waals surface area contributed by atoms with Crippen molar-refractivity contribution < 1.29 is 0 Å². The summed E-state index contributed by atoms with van der Waals surface area (Å²) in [6.45, 7) is 2.27. The summed E-state index contributed by atoms with van der Waals surface area (Å²) in [5, 5.41) is 3.96. The summed E-state index contributed by atoms with van der Waals surface area (Å²) in [6.07, 6.45) is 9.82. The number of thiophene rings is 1. The Morgan fingerprint density at radius 1 is 0.786 bits per heavy atom. The maximum absolute atomic E-state index is 2.31. The average molecular weight is 403 g/mol. The summed E-state index contributed by atoms with van der Waals surface area (Å²) in [5.74, 6) is 1.22. The van der Waals surface area contributed by atoms with E-state index < -0.39 is 0 Å². The zero-order chi connectivity index (χ0) is 19.2. The summed E-state index contributed by atoms with van der Waals surface area (Å²) < 4.78 is 1.36. The lowest BCUT2D eigenvalue weighted by atomic mass is 10.1. The number of benzene rings is 3. The van der Waals surface area contributed by atoms with E-state index >= 15 is 0 Å². The van der Waals surface area contributed by atoms with Crippen molar-refractivity contribution in [1.82, 2.24) is 0 Å². The van der Waals surface area contributed by atoms with Crippen LogP contribution in [0.3, 0.4) is 0 Å². The van der Waals surface area contributed by atoms with E-state index in [4.69, 9.17) is 0 Å². The highest BCUT2D eigenvalue weighted by Gasteiger charge is 2.02. The minimum Gasteiger partial charge on any atom is -0.136 e. The maximum Gasteiger partial charge on any atom is 0.0355 e. The topological polar surface area (TPSA) is 0 Å². The van der Waals surface area contributed by atoms with Gasteiger partial charge in [-0.05, 0) is 70.3 Å². The van der Waals surface area contributed by atoms with Gasteiger partial charge in [0, 0.05) is 14.5 Å². The van der Waals surface area contributed by atoms with Gasteiger partial charge in [0.2, 0.25) is 0 Å². The van der Waals surface area contributed by atoms with Gasteiger partial charge in [0.05, 0.1) is 0 Å². The summed E-state index contributed by atoms with van der Waals surface area (Å²) in [6, 6.07) is 24.4. The second kappa shape index (κ2) is 9.45. The first-order valence-electron chi connectivity index (χ1n) is 10.1. The molecule has 4 rings (SSSR count). The summed E-state index contributed by atoms with van der Waals surface area (Å²) in [7, 11) is 0. The van der Waals surface area contributed by atoms with E-state index in [9.17, 15) is 0 Å². The molecule has 4 aromatic rings. The van der Waals surface area contributed by atoms with Crippen molar-refractivity contribution in [2.75, 3.05) is 5.75 Å². The maximum atomic E-state index is 2.31. The zero-order valence-electron chi connectivity index (χ0n) is 16.4. The number of thioether (sulfide) groups is 1. The van der Waals surface area contributed by atoms with Crippen LogP contribution < -0.4 is 0 Å². The Kier molecular flexibility index (Phi) is 6.51. The molecule has 0 fully saturated rings. The number of hydrogen-bond donors (Lipinski definition) is 0. The Hall–Kier alpha value is -2.03. The van der Waals surface area contributed by atoms with Crippen LogP contribution in [0.4, 0.5) is 0 Å². The molecule has 0 spiro atoms. The van der Waals surface area contributed by atoms with Crippen LogP contribution in [-0.4, -0.2) is 5.75 Å². The number of hydrogen-bond acceptors (Lipinski definition) is 2. The molecule has 0 nitrogen and oxygen atoms in total. The van der Waals surface area contributed by atoms with Gasteiger partial charge in [0.25, 0.3) is 0 Å². The molecule has 3 aromatic carbocycles. The van der Waals surface area contributed by atoms with Crippen LogP contribution in [0.15, 0.2) is 71.6 Å². The van der Waals surface area contributed by atoms with E-state index in [2.05, 4.69) is 85.8 Å². The van der Waals surface area contributed by atoms with Crippen molar-refractivity contribution in [2.24, 2.45) is 0 Å². The SMILES string of the molecule is CCCCCCSc1cccc(/C=C/c2cc3cc4ccccc4cc3s2)c1. The highest BCUT2D eigenvalue weighted by molar-refractivity contribution is 7.99. The molecule has 0 N–H and O–H groups in total. The highest BCUT2D eigenvalue weighted by Crippen LogP contribution is 2.31. The molecule has 0 aliphatic heterocycles. The van der Waals surface area contributed by atoms with Crippen LogP contribution in [0.2, 0.25) is 0 Å². The van der Waals surface area contributed by atoms with Crippen LogP contribution in [0.25, 0.3) is 33.0 Å². The molecular formula is C26H26S2. The lowest BCUT2D eigenvalue weighted by Crippen LogP contribution is -1.82. The molecule has 0 aliphatic carbocycles. The van der Waals surface area contributed by atoms with Crippen molar-refractivity contribution in [3.05, 3.63) is 77.2 Å². The monoisotopic (exact) mass is 402 g/mol. The van der Waals surface area contributed by atoms with Crippen LogP contribution in [0.5, 0.6) is 0 Å². The van der Waals surface area contributed by atoms with Crippen molar-refractivity contribution >= 4 is 56.1 Å². The third-order valence-corrected chi connectivity index (χ3v) is 7.11. The lowest BCUT2D eigenvalue weighted by molar-refractivity contribution is 0.706. The molecule has 0 aliphatic rings. The number of unbranched alkanes of at least 4 members (excludes halogenated alkanes) is 3. The molecule has 2 heteroatoms. The molecule has 0 saturated carbocycles. The predicted octanol–water partition coefficient (Wildman–Crippen LogP) is 8.90. The quantitative estimate of drug-likeness (QED) is 0.209. The fourth-order valence-electron chi connectivity index (χ4n) is 3.44. The fourth-order valence-corrected chi connectivity index (χ4v) is 5.41. The smallest absolute Gasteiger partial charge is 0.0355 e. The van der Waals surface area contributed by atoms with Gasteiger partial charge in [-0.2, -0.15) is 0 Å². The molecule has 142 valence electrons. The van der Waals surface area contributed by atoms with Crippen LogP contribution in [0, 0.1) is 0 Å². The molecular weight excluding hydrogens is 376 g/mol. The molecule has 28 heavy (non-hydrogen) atoms. The van der Waals surface area contributed by atoms with Gasteiger partial charge in [0.15, 0.2) is 0 Å². The van der Waals surface area contributed by atoms with Crippen molar-refractivity contribution in [3.63, 3.8) is 0 Å². The minimum atomic E-state index is 1.22. The lowest BCUT2D eigenvalue weighted by Gasteiger charge is -2.02. The van der Waals surface area contributed by atoms with Gasteiger partial charge in [-0.25, -0.2) is 0 Å². The Morgan fingerprint density at radius 3 is 2.50 bits per heavy atom. The Morgan fingerprint density at radius 2 is 1.64 bits per heavy atom. The van der Waals surface area contributed by atoms with Gasteiger partial charge >= 0.3 is 0 Å². The third kappa shape index (κ3) is 4.87. The van der Waals surface area contributed by atoms with Gasteiger partial charge in [-0.3, -0.25) is 0 Å². The molecule has 0 unspecified atom stereocenters. The molecule has 1 heterocycles.